The normalized spacial score (nSPS) is 19.4. The average molecular weight is 281 g/mol. The SMILES string of the molecule is Cc1cc(C(=O)NCCCCN2CCCC2CO)on1. The number of nitrogens with one attached hydrogen (secondary N) is 1. The van der Waals surface area contributed by atoms with Gasteiger partial charge in [0.05, 0.1) is 12.3 Å². The van der Waals surface area contributed by atoms with Crippen LogP contribution in [0.2, 0.25) is 0 Å². The number of carbonyl (C=O) groups is 1. The van der Waals surface area contributed by atoms with E-state index in [1.54, 1.807) is 13.0 Å². The predicted octanol–water partition coefficient (Wildman–Crippen LogP) is 0.950. The standard InChI is InChI=1S/C14H23N3O3/c1-11-9-13(20-16-11)14(19)15-6-2-3-7-17-8-4-5-12(17)10-18/h9,12,18H,2-8,10H2,1H3,(H,15,19). The fourth-order valence-electron chi connectivity index (χ4n) is 2.60. The highest BCUT2D eigenvalue weighted by Crippen LogP contribution is 2.16. The van der Waals surface area contributed by atoms with Gasteiger partial charge in [0, 0.05) is 18.7 Å². The second-order valence-corrected chi connectivity index (χ2v) is 5.31. The van der Waals surface area contributed by atoms with Crippen LogP contribution in [0.15, 0.2) is 10.6 Å². The quantitative estimate of drug-likeness (QED) is 0.728. The summed E-state index contributed by atoms with van der Waals surface area (Å²) in [6.45, 7) is 4.74. The Morgan fingerprint density at radius 3 is 3.15 bits per heavy atom. The summed E-state index contributed by atoms with van der Waals surface area (Å²) in [6.07, 6.45) is 4.21. The molecule has 1 aliphatic heterocycles. The molecule has 0 saturated carbocycles. The Morgan fingerprint density at radius 2 is 2.45 bits per heavy atom. The van der Waals surface area contributed by atoms with Crippen LogP contribution < -0.4 is 5.32 Å². The molecule has 6 nitrogen and oxygen atoms in total. The lowest BCUT2D eigenvalue weighted by Gasteiger charge is -2.22. The lowest BCUT2D eigenvalue weighted by atomic mass is 10.2. The molecule has 1 aliphatic rings. The predicted molar refractivity (Wildman–Crippen MR) is 74.5 cm³/mol. The highest BCUT2D eigenvalue weighted by atomic mass is 16.5. The molecule has 0 radical (unpaired) electrons. The Labute approximate surface area is 119 Å². The van der Waals surface area contributed by atoms with Gasteiger partial charge in [-0.15, -0.1) is 0 Å². The van der Waals surface area contributed by atoms with Gasteiger partial charge in [-0.1, -0.05) is 5.16 Å². The van der Waals surface area contributed by atoms with Crippen LogP contribution >= 0.6 is 0 Å². The number of rotatable bonds is 7. The Morgan fingerprint density at radius 1 is 1.60 bits per heavy atom. The molecule has 0 spiro atoms. The Kier molecular flexibility index (Phi) is 5.55. The molecule has 1 unspecified atom stereocenters. The van der Waals surface area contributed by atoms with Crippen LogP contribution in [0, 0.1) is 6.92 Å². The van der Waals surface area contributed by atoms with Gasteiger partial charge in [-0.3, -0.25) is 9.69 Å². The highest BCUT2D eigenvalue weighted by molar-refractivity contribution is 5.91. The zero-order valence-electron chi connectivity index (χ0n) is 12.0. The van der Waals surface area contributed by atoms with Gasteiger partial charge in [0.1, 0.15) is 0 Å². The third-order valence-corrected chi connectivity index (χ3v) is 3.72. The number of aliphatic hydroxyl groups excluding tert-OH is 1. The molecule has 1 aromatic rings. The topological polar surface area (TPSA) is 78.6 Å². The molecular weight excluding hydrogens is 258 g/mol. The molecule has 20 heavy (non-hydrogen) atoms. The third-order valence-electron chi connectivity index (χ3n) is 3.72. The van der Waals surface area contributed by atoms with E-state index >= 15 is 0 Å². The molecule has 1 atom stereocenters. The molecule has 1 saturated heterocycles. The first-order valence-electron chi connectivity index (χ1n) is 7.27. The first-order valence-corrected chi connectivity index (χ1v) is 7.27. The van der Waals surface area contributed by atoms with Crippen LogP contribution in [-0.2, 0) is 0 Å². The second kappa shape index (κ2) is 7.40. The van der Waals surface area contributed by atoms with Gasteiger partial charge >= 0.3 is 0 Å². The zero-order chi connectivity index (χ0) is 14.4. The lowest BCUT2D eigenvalue weighted by molar-refractivity contribution is 0.0915. The van der Waals surface area contributed by atoms with Crippen molar-refractivity contribution in [3.63, 3.8) is 0 Å². The van der Waals surface area contributed by atoms with E-state index in [1.807, 2.05) is 0 Å². The number of hydrogen-bond acceptors (Lipinski definition) is 5. The summed E-state index contributed by atoms with van der Waals surface area (Å²) in [4.78, 5) is 14.0. The molecule has 2 N–H and O–H groups in total. The first kappa shape index (κ1) is 15.0. The molecule has 2 heterocycles. The summed E-state index contributed by atoms with van der Waals surface area (Å²) >= 11 is 0. The number of carbonyl (C=O) groups excluding carboxylic acids is 1. The summed E-state index contributed by atoms with van der Waals surface area (Å²) in [5.41, 5.74) is 0.708. The van der Waals surface area contributed by atoms with Gasteiger partial charge < -0.3 is 14.9 Å². The van der Waals surface area contributed by atoms with Crippen molar-refractivity contribution in [1.29, 1.82) is 0 Å². The van der Waals surface area contributed by atoms with E-state index in [9.17, 15) is 9.90 Å². The number of amides is 1. The molecular formula is C14H23N3O3. The van der Waals surface area contributed by atoms with Gasteiger partial charge in [-0.05, 0) is 45.7 Å². The van der Waals surface area contributed by atoms with E-state index in [0.717, 1.165) is 32.4 Å². The van der Waals surface area contributed by atoms with Crippen LogP contribution in [0.4, 0.5) is 0 Å². The van der Waals surface area contributed by atoms with Crippen molar-refractivity contribution >= 4 is 5.91 Å². The molecule has 0 aliphatic carbocycles. The number of aryl methyl sites for hydroxylation is 1. The van der Waals surface area contributed by atoms with Crippen molar-refractivity contribution in [3.05, 3.63) is 17.5 Å². The molecule has 1 amide bonds. The molecule has 112 valence electrons. The first-order chi connectivity index (χ1) is 9.70. The van der Waals surface area contributed by atoms with E-state index in [-0.39, 0.29) is 18.3 Å². The maximum absolute atomic E-state index is 11.7. The van der Waals surface area contributed by atoms with Crippen LogP contribution in [0.1, 0.15) is 41.9 Å². The molecule has 0 bridgehead atoms. The van der Waals surface area contributed by atoms with Crippen LogP contribution in [0.3, 0.4) is 0 Å². The van der Waals surface area contributed by atoms with E-state index in [4.69, 9.17) is 4.52 Å². The van der Waals surface area contributed by atoms with Crippen LogP contribution in [0.5, 0.6) is 0 Å². The summed E-state index contributed by atoms with van der Waals surface area (Å²) in [6, 6.07) is 1.97. The second-order valence-electron chi connectivity index (χ2n) is 5.31. The highest BCUT2D eigenvalue weighted by Gasteiger charge is 2.22. The number of hydrogen-bond donors (Lipinski definition) is 2. The van der Waals surface area contributed by atoms with E-state index < -0.39 is 0 Å². The van der Waals surface area contributed by atoms with Crippen molar-refractivity contribution in [2.75, 3.05) is 26.2 Å². The maximum Gasteiger partial charge on any atom is 0.289 e. The van der Waals surface area contributed by atoms with E-state index in [2.05, 4.69) is 15.4 Å². The van der Waals surface area contributed by atoms with Gasteiger partial charge in [-0.25, -0.2) is 0 Å². The Hall–Kier alpha value is -1.40. The number of aliphatic hydroxyl groups is 1. The van der Waals surface area contributed by atoms with Gasteiger partial charge in [0.2, 0.25) is 5.76 Å². The summed E-state index contributed by atoms with van der Waals surface area (Å²) in [7, 11) is 0. The Bertz CT molecular complexity index is 433. The van der Waals surface area contributed by atoms with Gasteiger partial charge in [0.25, 0.3) is 5.91 Å². The van der Waals surface area contributed by atoms with E-state index in [0.29, 0.717) is 18.3 Å². The van der Waals surface area contributed by atoms with Crippen molar-refractivity contribution in [2.45, 2.75) is 38.6 Å². The minimum absolute atomic E-state index is 0.208. The maximum atomic E-state index is 11.7. The average Bonchev–Trinajstić information content (AvgIpc) is 3.06. The minimum Gasteiger partial charge on any atom is -0.395 e. The van der Waals surface area contributed by atoms with Crippen molar-refractivity contribution in [1.82, 2.24) is 15.4 Å². The Balaban J connectivity index is 1.58. The molecule has 1 fully saturated rings. The molecule has 1 aromatic heterocycles. The van der Waals surface area contributed by atoms with Crippen molar-refractivity contribution < 1.29 is 14.4 Å². The monoisotopic (exact) mass is 281 g/mol. The lowest BCUT2D eigenvalue weighted by Crippen LogP contribution is -2.33. The van der Waals surface area contributed by atoms with E-state index in [1.165, 1.54) is 6.42 Å². The smallest absolute Gasteiger partial charge is 0.289 e. The van der Waals surface area contributed by atoms with Gasteiger partial charge in [-0.2, -0.15) is 0 Å². The largest absolute Gasteiger partial charge is 0.395 e. The number of nitrogens with zero attached hydrogens (tertiary/aromatic N) is 2. The zero-order valence-corrected chi connectivity index (χ0v) is 12.0. The number of likely N-dealkylation sites (tertiary alicyclic amines) is 1. The van der Waals surface area contributed by atoms with Crippen LogP contribution in [-0.4, -0.2) is 53.4 Å². The third kappa shape index (κ3) is 4.05. The molecule has 0 aromatic carbocycles. The fraction of sp³-hybridized carbons (Fsp3) is 0.714. The summed E-state index contributed by atoms with van der Waals surface area (Å²) in [5.74, 6) is 0.0578. The van der Waals surface area contributed by atoms with Crippen molar-refractivity contribution in [3.8, 4) is 0 Å². The minimum atomic E-state index is -0.208. The summed E-state index contributed by atoms with van der Waals surface area (Å²) < 4.78 is 4.89. The van der Waals surface area contributed by atoms with Crippen molar-refractivity contribution in [2.24, 2.45) is 0 Å². The summed E-state index contributed by atoms with van der Waals surface area (Å²) in [5, 5.41) is 15.7. The molecule has 2 rings (SSSR count). The fourth-order valence-corrected chi connectivity index (χ4v) is 2.60. The molecule has 6 heteroatoms. The number of unbranched alkanes of at least 4 members (excludes halogenated alkanes) is 1. The number of aromatic nitrogens is 1. The van der Waals surface area contributed by atoms with Gasteiger partial charge in [0.15, 0.2) is 0 Å². The van der Waals surface area contributed by atoms with Crippen LogP contribution in [0.25, 0.3) is 0 Å².